The van der Waals surface area contributed by atoms with Gasteiger partial charge < -0.3 is 14.8 Å². The number of carboxylic acids is 1. The second-order valence-corrected chi connectivity index (χ2v) is 6.31. The van der Waals surface area contributed by atoms with E-state index in [1.807, 2.05) is 0 Å². The first-order valence-electron chi connectivity index (χ1n) is 7.46. The van der Waals surface area contributed by atoms with E-state index < -0.39 is 35.1 Å². The number of nitrogens with zero attached hydrogens (tertiary/aromatic N) is 2. The standard InChI is InChI=1S/C17H12BrF2N3O3/c18-10-5-4-9(23-7-6-21-15(10)23)8-13(17(25)26)22-16(24)14-11(19)2-1-3-12(14)20/h1-7,13H,8H2,(H,22,24)(H,25,26)/t13-/m0/s1. The fourth-order valence-corrected chi connectivity index (χ4v) is 2.98. The van der Waals surface area contributed by atoms with Crippen LogP contribution in [0.25, 0.3) is 5.65 Å². The number of aliphatic carboxylic acids is 1. The number of amides is 1. The summed E-state index contributed by atoms with van der Waals surface area (Å²) in [5.74, 6) is -4.59. The van der Waals surface area contributed by atoms with E-state index in [9.17, 15) is 23.5 Å². The number of carbonyl (C=O) groups is 2. The van der Waals surface area contributed by atoms with E-state index >= 15 is 0 Å². The normalized spacial score (nSPS) is 12.1. The second-order valence-electron chi connectivity index (χ2n) is 5.46. The van der Waals surface area contributed by atoms with Gasteiger partial charge in [-0.2, -0.15) is 0 Å². The first kappa shape index (κ1) is 18.0. The van der Waals surface area contributed by atoms with Crippen molar-refractivity contribution in [2.75, 3.05) is 0 Å². The van der Waals surface area contributed by atoms with E-state index in [1.54, 1.807) is 28.9 Å². The molecule has 0 aliphatic carbocycles. The summed E-state index contributed by atoms with van der Waals surface area (Å²) >= 11 is 3.34. The fourth-order valence-electron chi connectivity index (χ4n) is 2.56. The number of carbonyl (C=O) groups excluding carboxylic acids is 1. The number of hydrogen-bond acceptors (Lipinski definition) is 3. The summed E-state index contributed by atoms with van der Waals surface area (Å²) in [7, 11) is 0. The molecule has 0 bridgehead atoms. The lowest BCUT2D eigenvalue weighted by molar-refractivity contribution is -0.139. The highest BCUT2D eigenvalue weighted by Gasteiger charge is 2.25. The minimum atomic E-state index is -1.38. The maximum atomic E-state index is 13.7. The summed E-state index contributed by atoms with van der Waals surface area (Å²) in [5.41, 5.74) is 0.322. The molecule has 0 aliphatic rings. The van der Waals surface area contributed by atoms with Crippen LogP contribution in [-0.4, -0.2) is 32.4 Å². The summed E-state index contributed by atoms with van der Waals surface area (Å²) in [4.78, 5) is 27.9. The first-order valence-corrected chi connectivity index (χ1v) is 8.26. The lowest BCUT2D eigenvalue weighted by Gasteiger charge is -2.16. The van der Waals surface area contributed by atoms with Crippen LogP contribution in [0.3, 0.4) is 0 Å². The second kappa shape index (κ2) is 7.20. The highest BCUT2D eigenvalue weighted by molar-refractivity contribution is 9.10. The van der Waals surface area contributed by atoms with Crippen LogP contribution >= 0.6 is 15.9 Å². The minimum absolute atomic E-state index is 0.0999. The Bertz CT molecular complexity index is 986. The molecule has 0 radical (unpaired) electrons. The van der Waals surface area contributed by atoms with E-state index in [-0.39, 0.29) is 6.42 Å². The van der Waals surface area contributed by atoms with E-state index in [2.05, 4.69) is 26.2 Å². The van der Waals surface area contributed by atoms with Gasteiger partial charge in [0.25, 0.3) is 5.91 Å². The van der Waals surface area contributed by atoms with Gasteiger partial charge in [-0.25, -0.2) is 18.6 Å². The topological polar surface area (TPSA) is 83.7 Å². The van der Waals surface area contributed by atoms with E-state index in [0.29, 0.717) is 11.3 Å². The zero-order valence-corrected chi connectivity index (χ0v) is 14.7. The number of benzene rings is 1. The molecule has 1 amide bonds. The molecule has 3 aromatic rings. The molecule has 1 atom stereocenters. The maximum Gasteiger partial charge on any atom is 0.326 e. The Morgan fingerprint density at radius 3 is 2.58 bits per heavy atom. The van der Waals surface area contributed by atoms with Crippen LogP contribution in [0.5, 0.6) is 0 Å². The average molecular weight is 424 g/mol. The van der Waals surface area contributed by atoms with Gasteiger partial charge in [0, 0.05) is 24.5 Å². The lowest BCUT2D eigenvalue weighted by atomic mass is 10.1. The monoisotopic (exact) mass is 423 g/mol. The van der Waals surface area contributed by atoms with Crippen molar-refractivity contribution in [1.82, 2.24) is 14.7 Å². The van der Waals surface area contributed by atoms with Crippen LogP contribution in [0.1, 0.15) is 16.1 Å². The van der Waals surface area contributed by atoms with E-state index in [1.165, 1.54) is 0 Å². The van der Waals surface area contributed by atoms with Gasteiger partial charge in [0.05, 0.1) is 4.47 Å². The van der Waals surface area contributed by atoms with Crippen LogP contribution < -0.4 is 5.32 Å². The fraction of sp³-hybridized carbons (Fsp3) is 0.118. The van der Waals surface area contributed by atoms with Gasteiger partial charge in [0.1, 0.15) is 23.2 Å². The largest absolute Gasteiger partial charge is 0.480 e. The van der Waals surface area contributed by atoms with Gasteiger partial charge in [0.2, 0.25) is 0 Å². The molecule has 6 nitrogen and oxygen atoms in total. The van der Waals surface area contributed by atoms with E-state index in [0.717, 1.165) is 22.7 Å². The van der Waals surface area contributed by atoms with Gasteiger partial charge in [0.15, 0.2) is 5.65 Å². The van der Waals surface area contributed by atoms with E-state index in [4.69, 9.17) is 0 Å². The molecule has 2 aromatic heterocycles. The van der Waals surface area contributed by atoms with Crippen LogP contribution in [0.15, 0.2) is 47.2 Å². The van der Waals surface area contributed by atoms with Crippen molar-refractivity contribution in [3.63, 3.8) is 0 Å². The Hall–Kier alpha value is -2.81. The summed E-state index contributed by atoms with van der Waals surface area (Å²) in [6.45, 7) is 0. The molecule has 1 aromatic carbocycles. The van der Waals surface area contributed by atoms with Crippen molar-refractivity contribution in [3.05, 3.63) is 70.1 Å². The molecule has 2 N–H and O–H groups in total. The number of carboxylic acid groups (broad SMARTS) is 1. The Morgan fingerprint density at radius 1 is 1.23 bits per heavy atom. The Balaban J connectivity index is 1.88. The summed E-state index contributed by atoms with van der Waals surface area (Å²) < 4.78 is 29.8. The number of pyridine rings is 1. The van der Waals surface area contributed by atoms with Gasteiger partial charge >= 0.3 is 5.97 Å². The molecule has 0 aliphatic heterocycles. The molecular formula is C17H12BrF2N3O3. The zero-order valence-electron chi connectivity index (χ0n) is 13.1. The average Bonchev–Trinajstić information content (AvgIpc) is 3.07. The Morgan fingerprint density at radius 2 is 1.92 bits per heavy atom. The Labute approximate surface area is 154 Å². The molecule has 2 heterocycles. The summed E-state index contributed by atoms with van der Waals surface area (Å²) in [6.07, 6.45) is 3.09. The molecule has 0 saturated heterocycles. The van der Waals surface area contributed by atoms with Gasteiger partial charge in [-0.3, -0.25) is 4.79 Å². The van der Waals surface area contributed by atoms with Crippen LogP contribution in [-0.2, 0) is 11.2 Å². The minimum Gasteiger partial charge on any atom is -0.480 e. The lowest BCUT2D eigenvalue weighted by Crippen LogP contribution is -2.43. The van der Waals surface area contributed by atoms with Crippen molar-refractivity contribution in [1.29, 1.82) is 0 Å². The number of halogens is 3. The molecule has 134 valence electrons. The number of fused-ring (bicyclic) bond motifs is 1. The van der Waals surface area contributed by atoms with Crippen molar-refractivity contribution in [2.45, 2.75) is 12.5 Å². The maximum absolute atomic E-state index is 13.7. The van der Waals surface area contributed by atoms with Gasteiger partial charge in [-0.15, -0.1) is 0 Å². The number of aromatic nitrogens is 2. The highest BCUT2D eigenvalue weighted by Crippen LogP contribution is 2.19. The van der Waals surface area contributed by atoms with Crippen molar-refractivity contribution in [3.8, 4) is 0 Å². The molecule has 3 rings (SSSR count). The van der Waals surface area contributed by atoms with Crippen molar-refractivity contribution in [2.24, 2.45) is 0 Å². The molecule has 26 heavy (non-hydrogen) atoms. The smallest absolute Gasteiger partial charge is 0.326 e. The van der Waals surface area contributed by atoms with Gasteiger partial charge in [-0.1, -0.05) is 6.07 Å². The number of rotatable bonds is 5. The molecule has 9 heteroatoms. The molecule has 0 spiro atoms. The van der Waals surface area contributed by atoms with Crippen molar-refractivity contribution >= 4 is 33.5 Å². The van der Waals surface area contributed by atoms with Crippen LogP contribution in [0.2, 0.25) is 0 Å². The third kappa shape index (κ3) is 3.43. The molecule has 0 fully saturated rings. The first-order chi connectivity index (χ1) is 12.4. The predicted octanol–water partition coefficient (Wildman–Crippen LogP) is 2.80. The van der Waals surface area contributed by atoms with Crippen LogP contribution in [0.4, 0.5) is 8.78 Å². The zero-order chi connectivity index (χ0) is 18.8. The SMILES string of the molecule is O=C(N[C@@H](Cc1ccc(Br)c2nccn12)C(=O)O)c1c(F)cccc1F. The Kier molecular flexibility index (Phi) is 4.99. The van der Waals surface area contributed by atoms with Gasteiger partial charge in [-0.05, 0) is 40.2 Å². The highest BCUT2D eigenvalue weighted by atomic mass is 79.9. The quantitative estimate of drug-likeness (QED) is 0.660. The van der Waals surface area contributed by atoms with Crippen molar-refractivity contribution < 1.29 is 23.5 Å². The predicted molar refractivity (Wildman–Crippen MR) is 91.8 cm³/mol. The molecule has 0 unspecified atom stereocenters. The summed E-state index contributed by atoms with van der Waals surface area (Å²) in [5, 5.41) is 11.6. The molecule has 0 saturated carbocycles. The number of imidazole rings is 1. The third-order valence-electron chi connectivity index (χ3n) is 3.79. The molecular weight excluding hydrogens is 412 g/mol. The van der Waals surface area contributed by atoms with Crippen LogP contribution in [0, 0.1) is 11.6 Å². The summed E-state index contributed by atoms with van der Waals surface area (Å²) in [6, 6.07) is 4.97. The number of nitrogens with one attached hydrogen (secondary N) is 1. The third-order valence-corrected chi connectivity index (χ3v) is 4.41. The number of hydrogen-bond donors (Lipinski definition) is 2.